The molecule has 2 heterocycles. The molecule has 2 fully saturated rings. The molecule has 0 spiro atoms. The van der Waals surface area contributed by atoms with Gasteiger partial charge in [0.15, 0.2) is 5.96 Å². The Hall–Kier alpha value is -0.380. The Balaban J connectivity index is 2.02. The van der Waals surface area contributed by atoms with Crippen molar-refractivity contribution in [2.24, 2.45) is 10.7 Å². The quantitative estimate of drug-likeness (QED) is 0.504. The minimum Gasteiger partial charge on any atom is -0.370 e. The molecule has 0 aromatic carbocycles. The zero-order chi connectivity index (χ0) is 9.42. The summed E-state index contributed by atoms with van der Waals surface area (Å²) in [6.07, 6.45) is 1.30. The number of rotatable bonds is 1. The second-order valence-corrected chi connectivity index (χ2v) is 5.41. The molecule has 0 saturated carbocycles. The number of hydrogen-bond donors (Lipinski definition) is 1. The molecule has 2 bridgehead atoms. The van der Waals surface area contributed by atoms with Crippen LogP contribution in [-0.2, 0) is 0 Å². The normalized spacial score (nSPS) is 33.5. The van der Waals surface area contributed by atoms with Gasteiger partial charge in [-0.2, -0.15) is 11.8 Å². The first-order valence-corrected chi connectivity index (χ1v) is 5.93. The molecule has 74 valence electrons. The topological polar surface area (TPSA) is 41.6 Å². The maximum Gasteiger partial charge on any atom is 0.191 e. The first-order chi connectivity index (χ1) is 6.16. The van der Waals surface area contributed by atoms with E-state index in [1.807, 2.05) is 0 Å². The van der Waals surface area contributed by atoms with Crippen molar-refractivity contribution >= 4 is 17.7 Å². The van der Waals surface area contributed by atoms with Gasteiger partial charge in [-0.3, -0.25) is 4.99 Å². The molecule has 2 saturated heterocycles. The Morgan fingerprint density at radius 2 is 2.38 bits per heavy atom. The highest BCUT2D eigenvalue weighted by Crippen LogP contribution is 2.37. The van der Waals surface area contributed by atoms with Gasteiger partial charge in [-0.25, -0.2) is 0 Å². The van der Waals surface area contributed by atoms with Gasteiger partial charge in [0.1, 0.15) is 0 Å². The van der Waals surface area contributed by atoms with Gasteiger partial charge >= 0.3 is 0 Å². The summed E-state index contributed by atoms with van der Waals surface area (Å²) < 4.78 is 0. The van der Waals surface area contributed by atoms with Crippen LogP contribution in [-0.4, -0.2) is 40.5 Å². The number of fused-ring (bicyclic) bond motifs is 2. The van der Waals surface area contributed by atoms with E-state index < -0.39 is 0 Å². The van der Waals surface area contributed by atoms with E-state index in [2.05, 4.69) is 35.5 Å². The van der Waals surface area contributed by atoms with Gasteiger partial charge in [-0.1, -0.05) is 0 Å². The van der Waals surface area contributed by atoms with Crippen LogP contribution < -0.4 is 5.73 Å². The van der Waals surface area contributed by atoms with E-state index in [-0.39, 0.29) is 0 Å². The van der Waals surface area contributed by atoms with E-state index in [4.69, 9.17) is 5.73 Å². The molecular weight excluding hydrogens is 182 g/mol. The lowest BCUT2D eigenvalue weighted by Gasteiger charge is -2.27. The fraction of sp³-hybridized carbons (Fsp3) is 0.889. The van der Waals surface area contributed by atoms with Crippen molar-refractivity contribution in [1.82, 2.24) is 4.90 Å². The molecule has 2 aliphatic rings. The molecule has 0 aromatic heterocycles. The standard InChI is InChI=1S/C9H17N3S/c1-6(2)11-9(10)12-4-8-3-7(12)5-13-8/h6-8H,3-5H2,1-2H3,(H2,10,11). The number of guanidine groups is 1. The summed E-state index contributed by atoms with van der Waals surface area (Å²) >= 11 is 2.08. The number of thioether (sulfide) groups is 1. The van der Waals surface area contributed by atoms with Crippen LogP contribution in [0.15, 0.2) is 4.99 Å². The van der Waals surface area contributed by atoms with Crippen molar-refractivity contribution in [1.29, 1.82) is 0 Å². The second kappa shape index (κ2) is 3.40. The van der Waals surface area contributed by atoms with E-state index in [1.54, 1.807) is 0 Å². The van der Waals surface area contributed by atoms with Crippen LogP contribution in [0.2, 0.25) is 0 Å². The van der Waals surface area contributed by atoms with Crippen LogP contribution in [0.4, 0.5) is 0 Å². The third-order valence-corrected chi connectivity index (χ3v) is 3.98. The molecule has 0 aromatic rings. The van der Waals surface area contributed by atoms with Gasteiger partial charge in [0.2, 0.25) is 0 Å². The van der Waals surface area contributed by atoms with Gasteiger partial charge < -0.3 is 10.6 Å². The lowest BCUT2D eigenvalue weighted by atomic mass is 10.2. The van der Waals surface area contributed by atoms with Crippen LogP contribution in [0.5, 0.6) is 0 Å². The van der Waals surface area contributed by atoms with Gasteiger partial charge in [-0.05, 0) is 20.3 Å². The Morgan fingerprint density at radius 3 is 2.85 bits per heavy atom. The van der Waals surface area contributed by atoms with Crippen LogP contribution >= 0.6 is 11.8 Å². The van der Waals surface area contributed by atoms with Gasteiger partial charge in [-0.15, -0.1) is 0 Å². The van der Waals surface area contributed by atoms with Gasteiger partial charge in [0, 0.05) is 29.6 Å². The molecule has 4 heteroatoms. The molecule has 13 heavy (non-hydrogen) atoms. The molecule has 2 atom stereocenters. The Morgan fingerprint density at radius 1 is 1.62 bits per heavy atom. The van der Waals surface area contributed by atoms with Crippen LogP contribution in [0.3, 0.4) is 0 Å². The Bertz CT molecular complexity index is 227. The van der Waals surface area contributed by atoms with Crippen LogP contribution in [0, 0.1) is 0 Å². The lowest BCUT2D eigenvalue weighted by Crippen LogP contribution is -2.44. The van der Waals surface area contributed by atoms with Crippen molar-refractivity contribution in [2.45, 2.75) is 37.6 Å². The summed E-state index contributed by atoms with van der Waals surface area (Å²) in [4.78, 5) is 6.67. The fourth-order valence-electron chi connectivity index (χ4n) is 2.02. The molecule has 2 aliphatic heterocycles. The van der Waals surface area contributed by atoms with Crippen LogP contribution in [0.25, 0.3) is 0 Å². The Labute approximate surface area is 83.8 Å². The summed E-state index contributed by atoms with van der Waals surface area (Å²) in [5.41, 5.74) is 5.93. The summed E-state index contributed by atoms with van der Waals surface area (Å²) in [5.74, 6) is 1.99. The van der Waals surface area contributed by atoms with Crippen LogP contribution in [0.1, 0.15) is 20.3 Å². The van der Waals surface area contributed by atoms with Crippen molar-refractivity contribution < 1.29 is 0 Å². The molecule has 3 nitrogen and oxygen atoms in total. The number of hydrogen-bond acceptors (Lipinski definition) is 2. The Kier molecular flexibility index (Phi) is 2.41. The fourth-order valence-corrected chi connectivity index (χ4v) is 3.45. The largest absolute Gasteiger partial charge is 0.370 e. The molecule has 2 rings (SSSR count). The number of nitrogens with two attached hydrogens (primary N) is 1. The highest BCUT2D eigenvalue weighted by Gasteiger charge is 2.39. The summed E-state index contributed by atoms with van der Waals surface area (Å²) in [6.45, 7) is 5.24. The van der Waals surface area contributed by atoms with Gasteiger partial charge in [0.05, 0.1) is 0 Å². The molecular formula is C9H17N3S. The zero-order valence-corrected chi connectivity index (χ0v) is 9.05. The summed E-state index contributed by atoms with van der Waals surface area (Å²) in [5, 5.41) is 0.811. The van der Waals surface area contributed by atoms with E-state index in [9.17, 15) is 0 Å². The highest BCUT2D eigenvalue weighted by molar-refractivity contribution is 8.00. The number of nitrogens with zero attached hydrogens (tertiary/aromatic N) is 2. The average Bonchev–Trinajstić information content (AvgIpc) is 2.62. The number of aliphatic imine (C=N–C) groups is 1. The first kappa shape index (κ1) is 9.19. The van der Waals surface area contributed by atoms with Crippen molar-refractivity contribution in [3.63, 3.8) is 0 Å². The second-order valence-electron chi connectivity index (χ2n) is 4.08. The smallest absolute Gasteiger partial charge is 0.191 e. The third kappa shape index (κ3) is 1.77. The number of likely N-dealkylation sites (tertiary alicyclic amines) is 1. The monoisotopic (exact) mass is 199 g/mol. The van der Waals surface area contributed by atoms with E-state index in [1.165, 1.54) is 12.2 Å². The minimum absolute atomic E-state index is 0.312. The minimum atomic E-state index is 0.312. The first-order valence-electron chi connectivity index (χ1n) is 4.88. The predicted molar refractivity (Wildman–Crippen MR) is 58.1 cm³/mol. The molecule has 2 unspecified atom stereocenters. The van der Waals surface area contributed by atoms with Crippen molar-refractivity contribution in [3.8, 4) is 0 Å². The summed E-state index contributed by atoms with van der Waals surface area (Å²) in [6, 6.07) is 0.976. The van der Waals surface area contributed by atoms with Gasteiger partial charge in [0.25, 0.3) is 0 Å². The van der Waals surface area contributed by atoms with E-state index in [0.717, 1.165) is 17.8 Å². The maximum absolute atomic E-state index is 5.93. The van der Waals surface area contributed by atoms with E-state index in [0.29, 0.717) is 12.1 Å². The molecule has 2 N–H and O–H groups in total. The molecule has 0 aliphatic carbocycles. The van der Waals surface area contributed by atoms with E-state index >= 15 is 0 Å². The highest BCUT2D eigenvalue weighted by atomic mass is 32.2. The SMILES string of the molecule is CC(C)N=C(N)N1CC2CC1CS2. The zero-order valence-electron chi connectivity index (χ0n) is 8.23. The molecule has 0 amide bonds. The maximum atomic E-state index is 5.93. The average molecular weight is 199 g/mol. The lowest BCUT2D eigenvalue weighted by molar-refractivity contribution is 0.409. The van der Waals surface area contributed by atoms with Crippen molar-refractivity contribution in [3.05, 3.63) is 0 Å². The predicted octanol–water partition coefficient (Wildman–Crippen LogP) is 0.899. The summed E-state index contributed by atoms with van der Waals surface area (Å²) in [7, 11) is 0. The third-order valence-electron chi connectivity index (χ3n) is 2.59. The molecule has 0 radical (unpaired) electrons. The van der Waals surface area contributed by atoms with Crippen molar-refractivity contribution in [2.75, 3.05) is 12.3 Å².